The molecule has 0 saturated heterocycles. The molecule has 1 fully saturated rings. The topological polar surface area (TPSA) is 57.1 Å². The van der Waals surface area contributed by atoms with Gasteiger partial charge in [-0.25, -0.2) is 0 Å². The maximum atomic E-state index is 12.1. The fraction of sp³-hybridized carbons (Fsp3) is 0.591. The number of terminal acetylenes is 1. The van der Waals surface area contributed by atoms with Crippen LogP contribution in [0.1, 0.15) is 63.4 Å². The fourth-order valence-corrected chi connectivity index (χ4v) is 3.80. The molecule has 1 saturated carbocycles. The molecule has 0 bridgehead atoms. The highest BCUT2D eigenvalue weighted by Gasteiger charge is 2.39. The van der Waals surface area contributed by atoms with E-state index in [4.69, 9.17) is 6.42 Å². The molecule has 0 unspecified atom stereocenters. The van der Waals surface area contributed by atoms with Gasteiger partial charge < -0.3 is 10.2 Å². The van der Waals surface area contributed by atoms with E-state index in [-0.39, 0.29) is 11.6 Å². The normalized spacial score (nSPS) is 17.9. The number of carbonyl (C=O) groups is 1. The Morgan fingerprint density at radius 1 is 1.22 bits per heavy atom. The van der Waals surface area contributed by atoms with Crippen molar-refractivity contribution >= 4 is 11.6 Å². The molecular formula is C22H30N4O. The Bertz CT molecular complexity index is 692. The van der Waals surface area contributed by atoms with Crippen LogP contribution >= 0.6 is 0 Å². The summed E-state index contributed by atoms with van der Waals surface area (Å²) in [4.78, 5) is 14.5. The molecule has 1 N–H and O–H groups in total. The lowest BCUT2D eigenvalue weighted by atomic mass is 9.94. The van der Waals surface area contributed by atoms with E-state index in [1.807, 2.05) is 0 Å². The van der Waals surface area contributed by atoms with E-state index < -0.39 is 0 Å². The Labute approximate surface area is 162 Å². The van der Waals surface area contributed by atoms with Gasteiger partial charge in [-0.3, -0.25) is 4.79 Å². The zero-order valence-electron chi connectivity index (χ0n) is 16.3. The van der Waals surface area contributed by atoms with E-state index in [1.54, 1.807) is 0 Å². The fourth-order valence-electron chi connectivity index (χ4n) is 3.80. The van der Waals surface area contributed by atoms with Gasteiger partial charge in [0.15, 0.2) is 5.66 Å². The van der Waals surface area contributed by atoms with Crippen LogP contribution in [-0.2, 0) is 11.3 Å². The number of carbonyl (C=O) groups excluding carboxylic acids is 1. The van der Waals surface area contributed by atoms with Crippen molar-refractivity contribution in [3.05, 3.63) is 29.8 Å². The molecule has 1 heterocycles. The van der Waals surface area contributed by atoms with Gasteiger partial charge in [-0.1, -0.05) is 31.4 Å². The van der Waals surface area contributed by atoms with Crippen molar-refractivity contribution in [2.75, 3.05) is 11.9 Å². The van der Waals surface area contributed by atoms with E-state index in [0.717, 1.165) is 12.0 Å². The summed E-state index contributed by atoms with van der Waals surface area (Å²) in [5.74, 6) is 2.65. The van der Waals surface area contributed by atoms with Gasteiger partial charge in [0.25, 0.3) is 0 Å². The molecule has 3 rings (SSSR count). The standard InChI is InChI=1S/C22H30N4O/c1-3-4-15-22(24-25-22)16-14-21(27)23-17-18-10-12-20(13-11-18)26(2)19-8-6-5-7-9-19/h1,10-13,19H,4-9,14-17H2,2H3,(H,23,27). The first kappa shape index (κ1) is 19.4. The third-order valence-corrected chi connectivity index (χ3v) is 5.76. The van der Waals surface area contributed by atoms with E-state index in [9.17, 15) is 4.79 Å². The molecule has 144 valence electrons. The molecule has 2 aliphatic rings. The Hall–Kier alpha value is -2.35. The monoisotopic (exact) mass is 366 g/mol. The highest BCUT2D eigenvalue weighted by Crippen LogP contribution is 2.37. The van der Waals surface area contributed by atoms with E-state index in [2.05, 4.69) is 57.7 Å². The largest absolute Gasteiger partial charge is 0.372 e. The first-order valence-corrected chi connectivity index (χ1v) is 10.1. The van der Waals surface area contributed by atoms with Crippen LogP contribution in [0.2, 0.25) is 0 Å². The summed E-state index contributed by atoms with van der Waals surface area (Å²) in [6, 6.07) is 9.19. The molecule has 0 aromatic heterocycles. The van der Waals surface area contributed by atoms with Crippen molar-refractivity contribution in [3.63, 3.8) is 0 Å². The van der Waals surface area contributed by atoms with Crippen molar-refractivity contribution in [3.8, 4) is 12.3 Å². The summed E-state index contributed by atoms with van der Waals surface area (Å²) in [7, 11) is 2.19. The van der Waals surface area contributed by atoms with Crippen LogP contribution < -0.4 is 10.2 Å². The van der Waals surface area contributed by atoms with Crippen LogP contribution in [0.5, 0.6) is 0 Å². The minimum absolute atomic E-state index is 0.0378. The summed E-state index contributed by atoms with van der Waals surface area (Å²) < 4.78 is 0. The average Bonchev–Trinajstić information content (AvgIpc) is 3.50. The van der Waals surface area contributed by atoms with Gasteiger partial charge in [0, 0.05) is 51.0 Å². The van der Waals surface area contributed by atoms with Crippen molar-refractivity contribution in [2.45, 2.75) is 76.0 Å². The van der Waals surface area contributed by atoms with Gasteiger partial charge in [-0.15, -0.1) is 12.3 Å². The Morgan fingerprint density at radius 3 is 2.56 bits per heavy atom. The number of amides is 1. The van der Waals surface area contributed by atoms with Gasteiger partial charge >= 0.3 is 0 Å². The highest BCUT2D eigenvalue weighted by atomic mass is 16.1. The van der Waals surface area contributed by atoms with Gasteiger partial charge in [0.05, 0.1) is 0 Å². The summed E-state index contributed by atoms with van der Waals surface area (Å²) in [5, 5.41) is 11.1. The lowest BCUT2D eigenvalue weighted by Crippen LogP contribution is -2.33. The summed E-state index contributed by atoms with van der Waals surface area (Å²) >= 11 is 0. The number of benzene rings is 1. The van der Waals surface area contributed by atoms with Crippen molar-refractivity contribution < 1.29 is 4.79 Å². The van der Waals surface area contributed by atoms with E-state index >= 15 is 0 Å². The van der Waals surface area contributed by atoms with Crippen LogP contribution in [0, 0.1) is 12.3 Å². The lowest BCUT2D eigenvalue weighted by molar-refractivity contribution is -0.121. The number of rotatable bonds is 9. The number of nitrogens with zero attached hydrogens (tertiary/aromatic N) is 3. The molecule has 0 radical (unpaired) electrons. The molecule has 1 aliphatic carbocycles. The van der Waals surface area contributed by atoms with Crippen molar-refractivity contribution in [2.24, 2.45) is 10.2 Å². The SMILES string of the molecule is C#CCCC1(CCC(=O)NCc2ccc(N(C)C3CCCCC3)cc2)N=N1. The molecule has 27 heavy (non-hydrogen) atoms. The molecular weight excluding hydrogens is 336 g/mol. The smallest absolute Gasteiger partial charge is 0.220 e. The van der Waals surface area contributed by atoms with Gasteiger partial charge in [0.1, 0.15) is 0 Å². The first-order valence-electron chi connectivity index (χ1n) is 10.1. The maximum Gasteiger partial charge on any atom is 0.220 e. The Balaban J connectivity index is 1.40. The van der Waals surface area contributed by atoms with Crippen molar-refractivity contribution in [1.29, 1.82) is 0 Å². The number of hydrogen-bond donors (Lipinski definition) is 1. The summed E-state index contributed by atoms with van der Waals surface area (Å²) in [6.45, 7) is 0.553. The maximum absolute atomic E-state index is 12.1. The van der Waals surface area contributed by atoms with E-state index in [0.29, 0.717) is 31.8 Å². The van der Waals surface area contributed by atoms with Crippen molar-refractivity contribution in [1.82, 2.24) is 5.32 Å². The zero-order chi connectivity index (χ0) is 19.1. The lowest BCUT2D eigenvalue weighted by Gasteiger charge is -2.33. The molecule has 5 heteroatoms. The second kappa shape index (κ2) is 9.03. The quantitative estimate of drug-likeness (QED) is 0.657. The predicted molar refractivity (Wildman–Crippen MR) is 108 cm³/mol. The molecule has 0 atom stereocenters. The van der Waals surface area contributed by atoms with Gasteiger partial charge in [-0.05, 0) is 30.5 Å². The number of anilines is 1. The average molecular weight is 367 g/mol. The number of nitrogens with one attached hydrogen (secondary N) is 1. The summed E-state index contributed by atoms with van der Waals surface area (Å²) in [6.07, 6.45) is 14.4. The van der Waals surface area contributed by atoms with Crippen LogP contribution in [0.4, 0.5) is 5.69 Å². The molecule has 1 aromatic rings. The third-order valence-electron chi connectivity index (χ3n) is 5.76. The Morgan fingerprint density at radius 2 is 1.93 bits per heavy atom. The minimum atomic E-state index is -0.380. The van der Waals surface area contributed by atoms with E-state index in [1.165, 1.54) is 37.8 Å². The summed E-state index contributed by atoms with van der Waals surface area (Å²) in [5.41, 5.74) is 1.99. The van der Waals surface area contributed by atoms with Gasteiger partial charge in [0.2, 0.25) is 5.91 Å². The van der Waals surface area contributed by atoms with Crippen LogP contribution in [0.25, 0.3) is 0 Å². The Kier molecular flexibility index (Phi) is 6.49. The van der Waals surface area contributed by atoms with Crippen LogP contribution in [0.3, 0.4) is 0 Å². The molecule has 1 aromatic carbocycles. The molecule has 0 spiro atoms. The second-order valence-electron chi connectivity index (χ2n) is 7.73. The molecule has 5 nitrogen and oxygen atoms in total. The second-order valence-corrected chi connectivity index (χ2v) is 7.73. The van der Waals surface area contributed by atoms with Crippen LogP contribution in [-0.4, -0.2) is 24.7 Å². The third kappa shape index (κ3) is 5.56. The molecule has 1 aliphatic heterocycles. The predicted octanol–water partition coefficient (Wildman–Crippen LogP) is 4.43. The van der Waals surface area contributed by atoms with Crippen LogP contribution in [0.15, 0.2) is 34.5 Å². The molecule has 1 amide bonds. The van der Waals surface area contributed by atoms with Gasteiger partial charge in [-0.2, -0.15) is 10.2 Å². The first-order chi connectivity index (χ1) is 13.1. The zero-order valence-corrected chi connectivity index (χ0v) is 16.3. The minimum Gasteiger partial charge on any atom is -0.372 e. The highest BCUT2D eigenvalue weighted by molar-refractivity contribution is 5.76. The number of hydrogen-bond acceptors (Lipinski definition) is 4.